The van der Waals surface area contributed by atoms with Crippen LogP contribution in [-0.4, -0.2) is 80.0 Å². The summed E-state index contributed by atoms with van der Waals surface area (Å²) in [5, 5.41) is 18.6. The predicted octanol–water partition coefficient (Wildman–Crippen LogP) is 3.38. The molecule has 3 aromatic rings. The van der Waals surface area contributed by atoms with Gasteiger partial charge in [-0.05, 0) is 22.4 Å². The number of fused-ring (bicyclic) bond motifs is 1. The number of nitrogens with zero attached hydrogens (tertiary/aromatic N) is 5. The second kappa shape index (κ2) is 11.8. The van der Waals surface area contributed by atoms with Crippen LogP contribution in [0, 0.1) is 0 Å². The smallest absolute Gasteiger partial charge is 0.475 e. The highest BCUT2D eigenvalue weighted by Crippen LogP contribution is 2.20. The lowest BCUT2D eigenvalue weighted by atomic mass is 10.2. The molecule has 1 fully saturated rings. The second-order valence-electron chi connectivity index (χ2n) is 6.91. The quantitative estimate of drug-likeness (QED) is 0.499. The van der Waals surface area contributed by atoms with Gasteiger partial charge in [0.2, 0.25) is 0 Å². The van der Waals surface area contributed by atoms with Crippen LogP contribution in [0.25, 0.3) is 5.65 Å². The van der Waals surface area contributed by atoms with E-state index in [1.807, 2.05) is 29.2 Å². The van der Waals surface area contributed by atoms with Gasteiger partial charge in [-0.3, -0.25) is 4.90 Å². The van der Waals surface area contributed by atoms with Crippen molar-refractivity contribution in [1.82, 2.24) is 19.3 Å². The monoisotopic (exact) mass is 527 g/mol. The highest BCUT2D eigenvalue weighted by molar-refractivity contribution is 7.07. The number of alkyl halides is 6. The summed E-state index contributed by atoms with van der Waals surface area (Å²) in [5.74, 6) is -4.52. The van der Waals surface area contributed by atoms with Crippen LogP contribution < -0.4 is 4.90 Å². The topological polar surface area (TPSA) is 111 Å². The zero-order chi connectivity index (χ0) is 26.2. The van der Waals surface area contributed by atoms with Crippen molar-refractivity contribution in [2.45, 2.75) is 18.9 Å². The number of halogens is 6. The van der Waals surface area contributed by atoms with Crippen LogP contribution in [0.3, 0.4) is 0 Å². The molecule has 192 valence electrons. The molecule has 0 bridgehead atoms. The van der Waals surface area contributed by atoms with Gasteiger partial charge in [-0.25, -0.2) is 19.6 Å². The van der Waals surface area contributed by atoms with E-state index in [0.717, 1.165) is 44.2 Å². The number of anilines is 1. The van der Waals surface area contributed by atoms with Gasteiger partial charge in [-0.15, -0.1) is 0 Å². The highest BCUT2D eigenvalue weighted by Gasteiger charge is 2.38. The zero-order valence-electron chi connectivity index (χ0n) is 17.7. The molecule has 35 heavy (non-hydrogen) atoms. The lowest BCUT2D eigenvalue weighted by Gasteiger charge is -2.35. The third kappa shape index (κ3) is 8.71. The van der Waals surface area contributed by atoms with Gasteiger partial charge in [-0.1, -0.05) is 0 Å². The average Bonchev–Trinajstić information content (AvgIpc) is 3.45. The average molecular weight is 527 g/mol. The van der Waals surface area contributed by atoms with Crippen LogP contribution in [0.15, 0.2) is 41.6 Å². The Labute approximate surface area is 197 Å². The van der Waals surface area contributed by atoms with Crippen LogP contribution in [0.1, 0.15) is 5.56 Å². The van der Waals surface area contributed by atoms with Crippen molar-refractivity contribution in [3.63, 3.8) is 0 Å². The summed E-state index contributed by atoms with van der Waals surface area (Å²) < 4.78 is 65.5. The summed E-state index contributed by atoms with van der Waals surface area (Å²) >= 11 is 1.77. The number of aromatic nitrogens is 3. The molecule has 1 aliphatic rings. The number of aliphatic carboxylic acids is 2. The maximum absolute atomic E-state index is 10.6. The molecule has 9 nitrogen and oxygen atoms in total. The van der Waals surface area contributed by atoms with Crippen molar-refractivity contribution in [1.29, 1.82) is 0 Å². The number of carbonyl (C=O) groups is 2. The first-order valence-electron chi connectivity index (χ1n) is 9.65. The van der Waals surface area contributed by atoms with Gasteiger partial charge >= 0.3 is 24.3 Å². The molecule has 1 aliphatic heterocycles. The first-order valence-corrected chi connectivity index (χ1v) is 10.6. The van der Waals surface area contributed by atoms with E-state index in [2.05, 4.69) is 36.6 Å². The summed E-state index contributed by atoms with van der Waals surface area (Å²) in [5.41, 5.74) is 2.37. The normalized spacial score (nSPS) is 14.5. The Hall–Kier alpha value is -3.40. The molecule has 0 radical (unpaired) electrons. The molecule has 4 heterocycles. The largest absolute Gasteiger partial charge is 0.490 e. The number of rotatable bonds is 3. The molecule has 0 saturated carbocycles. The molecular weight excluding hydrogens is 508 g/mol. The van der Waals surface area contributed by atoms with Crippen molar-refractivity contribution in [2.24, 2.45) is 0 Å². The minimum absolute atomic E-state index is 0.948. The fraction of sp³-hybridized carbons (Fsp3) is 0.368. The molecule has 0 spiro atoms. The molecule has 3 aromatic heterocycles. The fourth-order valence-electron chi connectivity index (χ4n) is 2.82. The van der Waals surface area contributed by atoms with E-state index >= 15 is 0 Å². The van der Waals surface area contributed by atoms with Gasteiger partial charge in [0.15, 0.2) is 11.5 Å². The lowest BCUT2D eigenvalue weighted by Crippen LogP contribution is -2.46. The van der Waals surface area contributed by atoms with E-state index < -0.39 is 24.3 Å². The molecule has 0 aromatic carbocycles. The van der Waals surface area contributed by atoms with Gasteiger partial charge in [0, 0.05) is 57.5 Å². The van der Waals surface area contributed by atoms with Gasteiger partial charge in [0.25, 0.3) is 0 Å². The summed E-state index contributed by atoms with van der Waals surface area (Å²) in [6.45, 7) is 5.20. The molecule has 16 heteroatoms. The molecule has 0 aliphatic carbocycles. The fourth-order valence-corrected chi connectivity index (χ4v) is 3.48. The minimum atomic E-state index is -5.08. The van der Waals surface area contributed by atoms with Crippen LogP contribution in [0.4, 0.5) is 32.2 Å². The van der Waals surface area contributed by atoms with Crippen molar-refractivity contribution >= 4 is 34.7 Å². The molecule has 2 N–H and O–H groups in total. The Morgan fingerprint density at radius 3 is 1.89 bits per heavy atom. The first-order chi connectivity index (χ1) is 16.3. The maximum atomic E-state index is 10.6. The summed E-state index contributed by atoms with van der Waals surface area (Å²) in [6.07, 6.45) is -2.58. The van der Waals surface area contributed by atoms with Gasteiger partial charge in [0.1, 0.15) is 0 Å². The molecule has 0 atom stereocenters. The maximum Gasteiger partial charge on any atom is 0.490 e. The Kier molecular flexibility index (Phi) is 9.41. The third-order valence-electron chi connectivity index (χ3n) is 4.44. The third-order valence-corrected chi connectivity index (χ3v) is 5.17. The molecule has 0 unspecified atom stereocenters. The molecule has 0 amide bonds. The van der Waals surface area contributed by atoms with Crippen molar-refractivity contribution < 1.29 is 46.1 Å². The minimum Gasteiger partial charge on any atom is -0.475 e. The number of thiophene rings is 1. The number of carboxylic acids is 2. The first kappa shape index (κ1) is 27.8. The number of hydrogen-bond acceptors (Lipinski definition) is 7. The number of hydrogen-bond donors (Lipinski definition) is 2. The Balaban J connectivity index is 0.000000257. The van der Waals surface area contributed by atoms with E-state index in [-0.39, 0.29) is 0 Å². The SMILES string of the molecule is O=C(O)C(F)(F)F.O=C(O)C(F)(F)F.c1cn2ccnc2c(N2CCN(Cc3ccsc3)CC2)n1. The van der Waals surface area contributed by atoms with E-state index in [9.17, 15) is 26.3 Å². The number of piperazine rings is 1. The van der Waals surface area contributed by atoms with Crippen molar-refractivity contribution in [2.75, 3.05) is 31.1 Å². The summed E-state index contributed by atoms with van der Waals surface area (Å²) in [6, 6.07) is 2.21. The van der Waals surface area contributed by atoms with Crippen LogP contribution in [0.5, 0.6) is 0 Å². The van der Waals surface area contributed by atoms with Crippen molar-refractivity contribution in [3.8, 4) is 0 Å². The van der Waals surface area contributed by atoms with Crippen LogP contribution in [-0.2, 0) is 16.1 Å². The van der Waals surface area contributed by atoms with Crippen LogP contribution >= 0.6 is 11.3 Å². The summed E-state index contributed by atoms with van der Waals surface area (Å²) in [7, 11) is 0. The second-order valence-corrected chi connectivity index (χ2v) is 7.69. The molecule has 4 rings (SSSR count). The molecule has 1 saturated heterocycles. The van der Waals surface area contributed by atoms with E-state index in [1.165, 1.54) is 5.56 Å². The highest BCUT2D eigenvalue weighted by atomic mass is 32.1. The van der Waals surface area contributed by atoms with E-state index in [0.29, 0.717) is 0 Å². The summed E-state index contributed by atoms with van der Waals surface area (Å²) in [4.78, 5) is 31.6. The van der Waals surface area contributed by atoms with E-state index in [1.54, 1.807) is 11.3 Å². The van der Waals surface area contributed by atoms with Crippen LogP contribution in [0.2, 0.25) is 0 Å². The van der Waals surface area contributed by atoms with Gasteiger partial charge in [0.05, 0.1) is 0 Å². The molecular formula is C19H19F6N5O4S. The lowest BCUT2D eigenvalue weighted by molar-refractivity contribution is -0.193. The van der Waals surface area contributed by atoms with Crippen molar-refractivity contribution in [3.05, 3.63) is 47.2 Å². The number of imidazole rings is 1. The Morgan fingerprint density at radius 1 is 0.914 bits per heavy atom. The Bertz CT molecular complexity index is 1070. The zero-order valence-corrected chi connectivity index (χ0v) is 18.5. The predicted molar refractivity (Wildman–Crippen MR) is 112 cm³/mol. The van der Waals surface area contributed by atoms with Gasteiger partial charge < -0.3 is 19.5 Å². The standard InChI is InChI=1S/C15H17N5S.2C2HF3O2/c1-10-21-12-13(1)11-18-6-8-20(9-7-18)15-14-16-2-4-19(14)5-3-17-15;2*3-2(4,5)1(6)7/h1-5,10,12H,6-9,11H2;2*(H,6,7). The Morgan fingerprint density at radius 2 is 1.43 bits per heavy atom. The van der Waals surface area contributed by atoms with E-state index in [4.69, 9.17) is 19.8 Å². The van der Waals surface area contributed by atoms with Gasteiger partial charge in [-0.2, -0.15) is 37.7 Å². The number of carboxylic acid groups (broad SMARTS) is 2.